The van der Waals surface area contributed by atoms with Gasteiger partial charge in [-0.25, -0.2) is 0 Å². The van der Waals surface area contributed by atoms with Gasteiger partial charge < -0.3 is 15.4 Å². The summed E-state index contributed by atoms with van der Waals surface area (Å²) >= 11 is 0. The molecular weight excluding hydrogens is 204 g/mol. The van der Waals surface area contributed by atoms with Gasteiger partial charge in [0.15, 0.2) is 0 Å². The van der Waals surface area contributed by atoms with Crippen molar-refractivity contribution < 1.29 is 9.53 Å². The maximum Gasteiger partial charge on any atom is 0.228 e. The van der Waals surface area contributed by atoms with Crippen LogP contribution in [0.15, 0.2) is 0 Å². The molecule has 1 fully saturated rings. The van der Waals surface area contributed by atoms with Crippen LogP contribution in [0.3, 0.4) is 0 Å². The number of hydrogen-bond acceptors (Lipinski definition) is 3. The quantitative estimate of drug-likeness (QED) is 0.735. The molecule has 1 rings (SSSR count). The normalized spacial score (nSPS) is 21.4. The summed E-state index contributed by atoms with van der Waals surface area (Å²) in [7, 11) is 1.67. The minimum absolute atomic E-state index is 0.158. The van der Waals surface area contributed by atoms with Crippen molar-refractivity contribution in [2.75, 3.05) is 26.8 Å². The number of piperidine rings is 1. The lowest BCUT2D eigenvalue weighted by Gasteiger charge is -2.36. The largest absolute Gasteiger partial charge is 0.384 e. The Bertz CT molecular complexity index is 220. The molecule has 0 radical (unpaired) electrons. The number of ether oxygens (including phenoxy) is 1. The molecule has 1 heterocycles. The minimum atomic E-state index is -0.316. The Hall–Kier alpha value is -0.610. The molecule has 1 aliphatic rings. The van der Waals surface area contributed by atoms with Gasteiger partial charge in [0.2, 0.25) is 5.91 Å². The molecule has 1 unspecified atom stereocenters. The van der Waals surface area contributed by atoms with Crippen molar-refractivity contribution in [1.29, 1.82) is 0 Å². The summed E-state index contributed by atoms with van der Waals surface area (Å²) in [6.45, 7) is 6.45. The zero-order chi connectivity index (χ0) is 12.0. The predicted molar refractivity (Wildman–Crippen MR) is 64.3 cm³/mol. The van der Waals surface area contributed by atoms with Gasteiger partial charge in [0.1, 0.15) is 0 Å². The van der Waals surface area contributed by atoms with Crippen LogP contribution in [0.1, 0.15) is 33.1 Å². The van der Waals surface area contributed by atoms with Crippen molar-refractivity contribution in [2.45, 2.75) is 39.2 Å². The highest BCUT2D eigenvalue weighted by atomic mass is 16.5. The molecule has 0 aliphatic carbocycles. The second-order valence-electron chi connectivity index (χ2n) is 4.75. The molecule has 94 valence electrons. The maximum atomic E-state index is 12.3. The summed E-state index contributed by atoms with van der Waals surface area (Å²) in [6, 6.07) is 0.246. The lowest BCUT2D eigenvalue weighted by molar-refractivity contribution is -0.136. The molecule has 1 atom stereocenters. The Morgan fingerprint density at radius 1 is 1.50 bits per heavy atom. The van der Waals surface area contributed by atoms with Gasteiger partial charge in [-0.3, -0.25) is 4.79 Å². The van der Waals surface area contributed by atoms with Crippen LogP contribution in [0, 0.1) is 5.41 Å². The number of carbonyl (C=O) groups is 1. The van der Waals surface area contributed by atoms with Crippen LogP contribution in [0.4, 0.5) is 0 Å². The van der Waals surface area contributed by atoms with Crippen molar-refractivity contribution in [3.05, 3.63) is 0 Å². The van der Waals surface area contributed by atoms with Gasteiger partial charge in [0, 0.05) is 13.2 Å². The topological polar surface area (TPSA) is 50.4 Å². The van der Waals surface area contributed by atoms with E-state index in [0.717, 1.165) is 32.4 Å². The van der Waals surface area contributed by atoms with Crippen molar-refractivity contribution in [3.8, 4) is 0 Å². The van der Waals surface area contributed by atoms with E-state index in [-0.39, 0.29) is 17.4 Å². The zero-order valence-electron chi connectivity index (χ0n) is 10.6. The van der Waals surface area contributed by atoms with Gasteiger partial charge >= 0.3 is 0 Å². The molecule has 1 aliphatic heterocycles. The Morgan fingerprint density at radius 2 is 2.12 bits per heavy atom. The molecule has 4 heteroatoms. The standard InChI is InChI=1S/C12H24N2O2/c1-4-10(2)14-11(15)12(9-16-3)5-7-13-8-6-12/h10,13H,4-9H2,1-3H3,(H,14,15). The number of methoxy groups -OCH3 is 1. The van der Waals surface area contributed by atoms with Gasteiger partial charge in [-0.15, -0.1) is 0 Å². The van der Waals surface area contributed by atoms with E-state index >= 15 is 0 Å². The Balaban J connectivity index is 2.64. The van der Waals surface area contributed by atoms with E-state index < -0.39 is 0 Å². The fourth-order valence-corrected chi connectivity index (χ4v) is 2.10. The van der Waals surface area contributed by atoms with E-state index in [1.54, 1.807) is 7.11 Å². The number of rotatable bonds is 5. The first-order valence-electron chi connectivity index (χ1n) is 6.15. The number of amides is 1. The van der Waals surface area contributed by atoms with E-state index in [0.29, 0.717) is 6.61 Å². The third-order valence-electron chi connectivity index (χ3n) is 3.45. The lowest BCUT2D eigenvalue weighted by atomic mass is 9.78. The van der Waals surface area contributed by atoms with Crippen LogP contribution in [0.2, 0.25) is 0 Å². The molecule has 1 amide bonds. The average Bonchev–Trinajstić information content (AvgIpc) is 2.30. The van der Waals surface area contributed by atoms with Crippen LogP contribution in [0.5, 0.6) is 0 Å². The molecule has 0 saturated carbocycles. The van der Waals surface area contributed by atoms with Gasteiger partial charge in [-0.2, -0.15) is 0 Å². The fraction of sp³-hybridized carbons (Fsp3) is 0.917. The molecule has 0 aromatic rings. The highest BCUT2D eigenvalue weighted by molar-refractivity contribution is 5.83. The summed E-state index contributed by atoms with van der Waals surface area (Å²) in [4.78, 5) is 12.3. The number of hydrogen-bond donors (Lipinski definition) is 2. The molecule has 0 bridgehead atoms. The minimum Gasteiger partial charge on any atom is -0.384 e. The van der Waals surface area contributed by atoms with Crippen LogP contribution < -0.4 is 10.6 Å². The van der Waals surface area contributed by atoms with Crippen LogP contribution in [-0.4, -0.2) is 38.8 Å². The Labute approximate surface area is 98.1 Å². The molecule has 0 spiro atoms. The molecule has 4 nitrogen and oxygen atoms in total. The molecule has 0 aromatic carbocycles. The summed E-state index contributed by atoms with van der Waals surface area (Å²) in [5.74, 6) is 0.158. The highest BCUT2D eigenvalue weighted by Gasteiger charge is 2.39. The van der Waals surface area contributed by atoms with E-state index in [4.69, 9.17) is 4.74 Å². The molecule has 16 heavy (non-hydrogen) atoms. The Morgan fingerprint density at radius 3 is 2.62 bits per heavy atom. The second kappa shape index (κ2) is 6.21. The molecular formula is C12H24N2O2. The van der Waals surface area contributed by atoms with Crippen molar-refractivity contribution in [1.82, 2.24) is 10.6 Å². The van der Waals surface area contributed by atoms with E-state index in [2.05, 4.69) is 17.6 Å². The van der Waals surface area contributed by atoms with Gasteiger partial charge in [0.25, 0.3) is 0 Å². The second-order valence-corrected chi connectivity index (χ2v) is 4.75. The SMILES string of the molecule is CCC(C)NC(=O)C1(COC)CCNCC1. The van der Waals surface area contributed by atoms with E-state index in [1.165, 1.54) is 0 Å². The first kappa shape index (κ1) is 13.5. The lowest BCUT2D eigenvalue weighted by Crippen LogP contribution is -2.51. The summed E-state index contributed by atoms with van der Waals surface area (Å²) < 4.78 is 5.23. The van der Waals surface area contributed by atoms with Gasteiger partial charge in [0.05, 0.1) is 12.0 Å². The highest BCUT2D eigenvalue weighted by Crippen LogP contribution is 2.29. The molecule has 2 N–H and O–H groups in total. The number of carbonyl (C=O) groups excluding carboxylic acids is 1. The van der Waals surface area contributed by atoms with Crippen molar-refractivity contribution in [3.63, 3.8) is 0 Å². The zero-order valence-corrected chi connectivity index (χ0v) is 10.6. The Kier molecular flexibility index (Phi) is 5.22. The van der Waals surface area contributed by atoms with E-state index in [9.17, 15) is 4.79 Å². The third kappa shape index (κ3) is 3.19. The first-order valence-corrected chi connectivity index (χ1v) is 6.15. The van der Waals surface area contributed by atoms with Crippen molar-refractivity contribution in [2.24, 2.45) is 5.41 Å². The van der Waals surface area contributed by atoms with Crippen LogP contribution in [0.25, 0.3) is 0 Å². The summed E-state index contributed by atoms with van der Waals surface area (Å²) in [5, 5.41) is 6.36. The predicted octanol–water partition coefficient (Wildman–Crippen LogP) is 0.917. The summed E-state index contributed by atoms with van der Waals surface area (Å²) in [5.41, 5.74) is -0.316. The van der Waals surface area contributed by atoms with Gasteiger partial charge in [-0.05, 0) is 39.3 Å². The fourth-order valence-electron chi connectivity index (χ4n) is 2.10. The monoisotopic (exact) mass is 228 g/mol. The molecule has 0 aromatic heterocycles. The third-order valence-corrected chi connectivity index (χ3v) is 3.45. The van der Waals surface area contributed by atoms with Crippen molar-refractivity contribution >= 4 is 5.91 Å². The average molecular weight is 228 g/mol. The van der Waals surface area contributed by atoms with Crippen LogP contribution >= 0.6 is 0 Å². The number of nitrogens with one attached hydrogen (secondary N) is 2. The van der Waals surface area contributed by atoms with E-state index in [1.807, 2.05) is 6.92 Å². The maximum absolute atomic E-state index is 12.3. The van der Waals surface area contributed by atoms with Crippen LogP contribution in [-0.2, 0) is 9.53 Å². The van der Waals surface area contributed by atoms with Gasteiger partial charge in [-0.1, -0.05) is 6.92 Å². The summed E-state index contributed by atoms with van der Waals surface area (Å²) in [6.07, 6.45) is 2.69. The first-order chi connectivity index (χ1) is 7.64. The molecule has 1 saturated heterocycles. The smallest absolute Gasteiger partial charge is 0.228 e.